The minimum absolute atomic E-state index is 0. The van der Waals surface area contributed by atoms with Crippen LogP contribution < -0.4 is 10.6 Å². The van der Waals surface area contributed by atoms with Crippen molar-refractivity contribution in [3.05, 3.63) is 18.0 Å². The van der Waals surface area contributed by atoms with Crippen LogP contribution in [0.5, 0.6) is 0 Å². The molecule has 1 fully saturated rings. The predicted octanol–water partition coefficient (Wildman–Crippen LogP) is 3.71. The Morgan fingerprint density at radius 1 is 1.41 bits per heavy atom. The zero-order chi connectivity index (χ0) is 14.9. The van der Waals surface area contributed by atoms with Gasteiger partial charge in [-0.1, -0.05) is 37.3 Å². The maximum absolute atomic E-state index is 4.82. The molecule has 1 aliphatic rings. The summed E-state index contributed by atoms with van der Waals surface area (Å²) in [6, 6.07) is 2.29. The van der Waals surface area contributed by atoms with E-state index in [0.29, 0.717) is 12.6 Å². The minimum Gasteiger partial charge on any atom is -0.364 e. The Hall–Kier alpha value is -0.790. The molecule has 1 saturated carbocycles. The highest BCUT2D eigenvalue weighted by Gasteiger charge is 2.15. The van der Waals surface area contributed by atoms with Gasteiger partial charge in [-0.3, -0.25) is 4.99 Å². The molecule has 0 spiro atoms. The van der Waals surface area contributed by atoms with E-state index in [4.69, 9.17) is 4.52 Å². The number of nitrogens with zero attached hydrogens (tertiary/aromatic N) is 2. The quantitative estimate of drug-likeness (QED) is 0.419. The normalized spacial score (nSPS) is 17.6. The molecule has 2 rings (SSSR count). The SMILES string of the molecule is CN=C(NCc1ccon1)NC(C)CCC1CCCCC1.I. The van der Waals surface area contributed by atoms with Gasteiger partial charge in [-0.15, -0.1) is 24.0 Å². The van der Waals surface area contributed by atoms with Gasteiger partial charge in [0.15, 0.2) is 5.96 Å². The van der Waals surface area contributed by atoms with Gasteiger partial charge < -0.3 is 15.2 Å². The Labute approximate surface area is 150 Å². The molecule has 0 radical (unpaired) electrons. The third kappa shape index (κ3) is 6.98. The summed E-state index contributed by atoms with van der Waals surface area (Å²) in [7, 11) is 1.80. The van der Waals surface area contributed by atoms with Gasteiger partial charge in [0.05, 0.1) is 6.54 Å². The average molecular weight is 420 g/mol. The molecule has 0 bridgehead atoms. The molecule has 1 aliphatic carbocycles. The number of halogens is 1. The Morgan fingerprint density at radius 3 is 2.82 bits per heavy atom. The molecule has 5 nitrogen and oxygen atoms in total. The zero-order valence-electron chi connectivity index (χ0n) is 13.7. The van der Waals surface area contributed by atoms with Gasteiger partial charge in [0, 0.05) is 19.2 Å². The van der Waals surface area contributed by atoms with E-state index in [1.165, 1.54) is 44.9 Å². The molecule has 126 valence electrons. The molecular formula is C16H29IN4O. The molecule has 0 aliphatic heterocycles. The van der Waals surface area contributed by atoms with E-state index >= 15 is 0 Å². The number of nitrogens with one attached hydrogen (secondary N) is 2. The van der Waals surface area contributed by atoms with Crippen LogP contribution in [0.15, 0.2) is 21.8 Å². The second kappa shape index (κ2) is 10.9. The fraction of sp³-hybridized carbons (Fsp3) is 0.750. The van der Waals surface area contributed by atoms with E-state index in [0.717, 1.165) is 17.6 Å². The van der Waals surface area contributed by atoms with Crippen LogP contribution in [0.2, 0.25) is 0 Å². The van der Waals surface area contributed by atoms with Gasteiger partial charge in [-0.05, 0) is 25.7 Å². The number of aromatic nitrogens is 1. The van der Waals surface area contributed by atoms with Crippen molar-refractivity contribution in [1.82, 2.24) is 15.8 Å². The molecule has 2 N–H and O–H groups in total. The lowest BCUT2D eigenvalue weighted by Gasteiger charge is -2.24. The molecule has 0 amide bonds. The third-order valence-electron chi connectivity index (χ3n) is 4.27. The van der Waals surface area contributed by atoms with E-state index in [-0.39, 0.29) is 24.0 Å². The first-order chi connectivity index (χ1) is 10.3. The van der Waals surface area contributed by atoms with Crippen molar-refractivity contribution in [3.8, 4) is 0 Å². The lowest BCUT2D eigenvalue weighted by Crippen LogP contribution is -2.42. The Balaban J connectivity index is 0.00000242. The smallest absolute Gasteiger partial charge is 0.191 e. The second-order valence-electron chi connectivity index (χ2n) is 6.04. The van der Waals surface area contributed by atoms with Crippen LogP contribution >= 0.6 is 24.0 Å². The summed E-state index contributed by atoms with van der Waals surface area (Å²) in [6.07, 6.45) is 11.2. The van der Waals surface area contributed by atoms with Crippen LogP contribution in [-0.4, -0.2) is 24.2 Å². The Bertz CT molecular complexity index is 416. The van der Waals surface area contributed by atoms with Crippen molar-refractivity contribution in [2.45, 2.75) is 64.5 Å². The number of guanidine groups is 1. The van der Waals surface area contributed by atoms with Crippen molar-refractivity contribution in [1.29, 1.82) is 0 Å². The summed E-state index contributed by atoms with van der Waals surface area (Å²) in [5.74, 6) is 1.77. The van der Waals surface area contributed by atoms with Gasteiger partial charge in [-0.25, -0.2) is 0 Å². The molecular weight excluding hydrogens is 391 g/mol. The average Bonchev–Trinajstić information content (AvgIpc) is 3.04. The van der Waals surface area contributed by atoms with Crippen molar-refractivity contribution < 1.29 is 4.52 Å². The molecule has 1 atom stereocenters. The first-order valence-electron chi connectivity index (χ1n) is 8.14. The Morgan fingerprint density at radius 2 is 2.18 bits per heavy atom. The van der Waals surface area contributed by atoms with E-state index < -0.39 is 0 Å². The number of hydrogen-bond acceptors (Lipinski definition) is 3. The lowest BCUT2D eigenvalue weighted by atomic mass is 9.85. The largest absolute Gasteiger partial charge is 0.364 e. The fourth-order valence-corrected chi connectivity index (χ4v) is 2.96. The summed E-state index contributed by atoms with van der Waals surface area (Å²) >= 11 is 0. The standard InChI is InChI=1S/C16H28N4O.HI/c1-13(8-9-14-6-4-3-5-7-14)19-16(17-2)18-12-15-10-11-21-20-15;/h10-11,13-14H,3-9,12H2,1-2H3,(H2,17,18,19);1H. The first kappa shape index (κ1) is 19.3. The summed E-state index contributed by atoms with van der Waals surface area (Å²) in [5.41, 5.74) is 0.882. The molecule has 22 heavy (non-hydrogen) atoms. The molecule has 1 heterocycles. The summed E-state index contributed by atoms with van der Waals surface area (Å²) in [4.78, 5) is 4.26. The predicted molar refractivity (Wildman–Crippen MR) is 101 cm³/mol. The maximum atomic E-state index is 4.82. The van der Waals surface area contributed by atoms with Crippen molar-refractivity contribution in [2.75, 3.05) is 7.05 Å². The van der Waals surface area contributed by atoms with E-state index in [9.17, 15) is 0 Å². The number of hydrogen-bond donors (Lipinski definition) is 2. The molecule has 6 heteroatoms. The van der Waals surface area contributed by atoms with E-state index in [2.05, 4.69) is 27.7 Å². The highest BCUT2D eigenvalue weighted by molar-refractivity contribution is 14.0. The molecule has 1 aromatic rings. The van der Waals surface area contributed by atoms with Gasteiger partial charge in [0.25, 0.3) is 0 Å². The second-order valence-corrected chi connectivity index (χ2v) is 6.04. The number of aliphatic imine (C=N–C) groups is 1. The molecule has 0 saturated heterocycles. The highest BCUT2D eigenvalue weighted by atomic mass is 127. The van der Waals surface area contributed by atoms with Crippen molar-refractivity contribution in [2.24, 2.45) is 10.9 Å². The molecule has 1 aromatic heterocycles. The highest BCUT2D eigenvalue weighted by Crippen LogP contribution is 2.27. The van der Waals surface area contributed by atoms with Crippen LogP contribution in [0.25, 0.3) is 0 Å². The van der Waals surface area contributed by atoms with Crippen LogP contribution in [0.4, 0.5) is 0 Å². The van der Waals surface area contributed by atoms with Gasteiger partial charge >= 0.3 is 0 Å². The lowest BCUT2D eigenvalue weighted by molar-refractivity contribution is 0.322. The fourth-order valence-electron chi connectivity index (χ4n) is 2.96. The summed E-state index contributed by atoms with van der Waals surface area (Å²) in [5, 5.41) is 10.6. The summed E-state index contributed by atoms with van der Waals surface area (Å²) < 4.78 is 4.82. The minimum atomic E-state index is 0. The van der Waals surface area contributed by atoms with Gasteiger partial charge in [-0.2, -0.15) is 0 Å². The number of rotatable bonds is 6. The molecule has 1 unspecified atom stereocenters. The van der Waals surface area contributed by atoms with E-state index in [1.54, 1.807) is 13.3 Å². The topological polar surface area (TPSA) is 62.5 Å². The van der Waals surface area contributed by atoms with Crippen LogP contribution in [0.3, 0.4) is 0 Å². The van der Waals surface area contributed by atoms with Crippen molar-refractivity contribution in [3.63, 3.8) is 0 Å². The Kier molecular flexibility index (Phi) is 9.50. The maximum Gasteiger partial charge on any atom is 0.191 e. The van der Waals surface area contributed by atoms with E-state index in [1.807, 2.05) is 6.07 Å². The summed E-state index contributed by atoms with van der Waals surface area (Å²) in [6.45, 7) is 2.86. The van der Waals surface area contributed by atoms with Crippen LogP contribution in [0.1, 0.15) is 57.6 Å². The third-order valence-corrected chi connectivity index (χ3v) is 4.27. The zero-order valence-corrected chi connectivity index (χ0v) is 16.0. The van der Waals surface area contributed by atoms with Crippen molar-refractivity contribution >= 4 is 29.9 Å². The van der Waals surface area contributed by atoms with Crippen LogP contribution in [-0.2, 0) is 6.54 Å². The van der Waals surface area contributed by atoms with Crippen LogP contribution in [0, 0.1) is 5.92 Å². The van der Waals surface area contributed by atoms with Gasteiger partial charge in [0.1, 0.15) is 12.0 Å². The first-order valence-corrected chi connectivity index (χ1v) is 8.14. The van der Waals surface area contributed by atoms with Gasteiger partial charge in [0.2, 0.25) is 0 Å². The molecule has 0 aromatic carbocycles. The monoisotopic (exact) mass is 420 g/mol.